The normalized spacial score (nSPS) is 16.7. The van der Waals surface area contributed by atoms with E-state index in [-0.39, 0.29) is 11.9 Å². The molecule has 3 rings (SSSR count). The Bertz CT molecular complexity index is 693. The average molecular weight is 281 g/mol. The molecule has 21 heavy (non-hydrogen) atoms. The zero-order valence-corrected chi connectivity index (χ0v) is 12.6. The number of fused-ring (bicyclic) bond motifs is 1. The van der Waals surface area contributed by atoms with Crippen LogP contribution < -0.4 is 9.64 Å². The number of hydrogen-bond donors (Lipinski definition) is 0. The van der Waals surface area contributed by atoms with E-state index in [0.29, 0.717) is 5.56 Å². The fourth-order valence-corrected chi connectivity index (χ4v) is 3.03. The summed E-state index contributed by atoms with van der Waals surface area (Å²) in [5.74, 6) is 0.861. The van der Waals surface area contributed by atoms with E-state index in [1.807, 2.05) is 48.2 Å². The number of rotatable bonds is 2. The number of methoxy groups -OCH3 is 1. The van der Waals surface area contributed by atoms with Gasteiger partial charge in [0.15, 0.2) is 0 Å². The molecule has 3 nitrogen and oxygen atoms in total. The van der Waals surface area contributed by atoms with Crippen molar-refractivity contribution in [2.75, 3.05) is 12.0 Å². The topological polar surface area (TPSA) is 29.5 Å². The maximum Gasteiger partial charge on any atom is 0.258 e. The molecule has 0 fully saturated rings. The minimum atomic E-state index is 0.0539. The number of hydrogen-bond acceptors (Lipinski definition) is 2. The van der Waals surface area contributed by atoms with Crippen LogP contribution in [0.5, 0.6) is 5.75 Å². The van der Waals surface area contributed by atoms with Gasteiger partial charge in [-0.3, -0.25) is 4.79 Å². The van der Waals surface area contributed by atoms with Crippen LogP contribution in [0.1, 0.15) is 28.4 Å². The third kappa shape index (κ3) is 2.29. The van der Waals surface area contributed by atoms with Crippen molar-refractivity contribution in [2.24, 2.45) is 0 Å². The molecule has 0 N–H and O–H groups in total. The summed E-state index contributed by atoms with van der Waals surface area (Å²) in [5, 5.41) is 0. The van der Waals surface area contributed by atoms with Gasteiger partial charge in [0.25, 0.3) is 5.91 Å². The van der Waals surface area contributed by atoms with Crippen LogP contribution in [0.3, 0.4) is 0 Å². The monoisotopic (exact) mass is 281 g/mol. The van der Waals surface area contributed by atoms with Gasteiger partial charge in [0.1, 0.15) is 5.75 Å². The summed E-state index contributed by atoms with van der Waals surface area (Å²) in [6.45, 7) is 4.05. The van der Waals surface area contributed by atoms with Gasteiger partial charge in [-0.1, -0.05) is 18.2 Å². The Morgan fingerprint density at radius 3 is 2.71 bits per heavy atom. The SMILES string of the molecule is COc1ccc(C(=O)N2c3ccccc3CC2C)cc1C. The molecule has 2 aromatic carbocycles. The van der Waals surface area contributed by atoms with E-state index in [1.165, 1.54) is 5.56 Å². The van der Waals surface area contributed by atoms with Gasteiger partial charge in [-0.2, -0.15) is 0 Å². The van der Waals surface area contributed by atoms with Crippen molar-refractivity contribution in [2.45, 2.75) is 26.3 Å². The molecule has 1 aliphatic rings. The smallest absolute Gasteiger partial charge is 0.258 e. The van der Waals surface area contributed by atoms with Crippen LogP contribution in [0.15, 0.2) is 42.5 Å². The first-order chi connectivity index (χ1) is 10.1. The lowest BCUT2D eigenvalue weighted by atomic mass is 10.1. The lowest BCUT2D eigenvalue weighted by Crippen LogP contribution is -2.35. The lowest BCUT2D eigenvalue weighted by molar-refractivity contribution is 0.0981. The lowest BCUT2D eigenvalue weighted by Gasteiger charge is -2.23. The van der Waals surface area contributed by atoms with Crippen LogP contribution in [-0.4, -0.2) is 19.1 Å². The molecule has 0 saturated heterocycles. The summed E-state index contributed by atoms with van der Waals surface area (Å²) in [5.41, 5.74) is 3.95. The Labute approximate surface area is 125 Å². The quantitative estimate of drug-likeness (QED) is 0.842. The third-order valence-corrected chi connectivity index (χ3v) is 4.07. The summed E-state index contributed by atoms with van der Waals surface area (Å²) in [7, 11) is 1.64. The van der Waals surface area contributed by atoms with Crippen LogP contribution in [0.2, 0.25) is 0 Å². The third-order valence-electron chi connectivity index (χ3n) is 4.07. The van der Waals surface area contributed by atoms with Crippen LogP contribution in [0.25, 0.3) is 0 Å². The predicted octanol–water partition coefficient (Wildman–Crippen LogP) is 3.60. The zero-order valence-electron chi connectivity index (χ0n) is 12.6. The van der Waals surface area contributed by atoms with Crippen molar-refractivity contribution in [3.63, 3.8) is 0 Å². The van der Waals surface area contributed by atoms with E-state index in [0.717, 1.165) is 23.4 Å². The Hall–Kier alpha value is -2.29. The Kier molecular flexibility index (Phi) is 3.42. The van der Waals surface area contributed by atoms with Gasteiger partial charge in [-0.25, -0.2) is 0 Å². The van der Waals surface area contributed by atoms with Crippen molar-refractivity contribution in [1.29, 1.82) is 0 Å². The molecular formula is C18H19NO2. The molecule has 0 saturated carbocycles. The molecule has 1 aliphatic heterocycles. The molecule has 1 amide bonds. The number of aryl methyl sites for hydroxylation is 1. The minimum absolute atomic E-state index is 0.0539. The summed E-state index contributed by atoms with van der Waals surface area (Å²) < 4.78 is 5.26. The number of amides is 1. The highest BCUT2D eigenvalue weighted by molar-refractivity contribution is 6.08. The highest BCUT2D eigenvalue weighted by Gasteiger charge is 2.31. The van der Waals surface area contributed by atoms with Gasteiger partial charge in [0, 0.05) is 17.3 Å². The molecule has 0 radical (unpaired) electrons. The number of carbonyl (C=O) groups excluding carboxylic acids is 1. The summed E-state index contributed by atoms with van der Waals surface area (Å²) >= 11 is 0. The first-order valence-electron chi connectivity index (χ1n) is 7.18. The largest absolute Gasteiger partial charge is 0.496 e. The molecule has 0 bridgehead atoms. The highest BCUT2D eigenvalue weighted by Crippen LogP contribution is 2.33. The molecule has 2 aromatic rings. The first-order valence-corrected chi connectivity index (χ1v) is 7.18. The van der Waals surface area contributed by atoms with Crippen molar-refractivity contribution in [3.05, 3.63) is 59.2 Å². The molecule has 108 valence electrons. The molecule has 0 spiro atoms. The maximum absolute atomic E-state index is 12.9. The van der Waals surface area contributed by atoms with Gasteiger partial charge < -0.3 is 9.64 Å². The standard InChI is InChI=1S/C18H19NO2/c1-12-10-15(8-9-17(12)21-3)18(20)19-13(2)11-14-6-4-5-7-16(14)19/h4-10,13H,11H2,1-3H3. The van der Waals surface area contributed by atoms with Gasteiger partial charge in [-0.05, 0) is 55.7 Å². The molecule has 0 aliphatic carbocycles. The van der Waals surface area contributed by atoms with E-state index >= 15 is 0 Å². The van der Waals surface area contributed by atoms with Crippen LogP contribution in [0.4, 0.5) is 5.69 Å². The van der Waals surface area contributed by atoms with Crippen molar-refractivity contribution in [3.8, 4) is 5.75 Å². The molecule has 1 atom stereocenters. The van der Waals surface area contributed by atoms with Gasteiger partial charge in [-0.15, -0.1) is 0 Å². The summed E-state index contributed by atoms with van der Waals surface area (Å²) in [6.07, 6.45) is 0.914. The van der Waals surface area contributed by atoms with Crippen molar-refractivity contribution >= 4 is 11.6 Å². The molecule has 1 heterocycles. The fraction of sp³-hybridized carbons (Fsp3) is 0.278. The zero-order chi connectivity index (χ0) is 15.0. The second kappa shape index (κ2) is 5.24. The maximum atomic E-state index is 12.9. The Balaban J connectivity index is 1.97. The van der Waals surface area contributed by atoms with Gasteiger partial charge in [0.05, 0.1) is 7.11 Å². The number of para-hydroxylation sites is 1. The van der Waals surface area contributed by atoms with Crippen molar-refractivity contribution < 1.29 is 9.53 Å². The van der Waals surface area contributed by atoms with E-state index in [2.05, 4.69) is 13.0 Å². The van der Waals surface area contributed by atoms with Crippen LogP contribution in [-0.2, 0) is 6.42 Å². The van der Waals surface area contributed by atoms with Crippen molar-refractivity contribution in [1.82, 2.24) is 0 Å². The number of carbonyl (C=O) groups is 1. The summed E-state index contributed by atoms with van der Waals surface area (Å²) in [6, 6.07) is 13.9. The summed E-state index contributed by atoms with van der Waals surface area (Å²) in [4.78, 5) is 14.8. The Morgan fingerprint density at radius 2 is 2.00 bits per heavy atom. The number of anilines is 1. The number of nitrogens with zero attached hydrogens (tertiary/aromatic N) is 1. The van der Waals surface area contributed by atoms with E-state index in [9.17, 15) is 4.79 Å². The van der Waals surface area contributed by atoms with Crippen LogP contribution in [0, 0.1) is 6.92 Å². The second-order valence-corrected chi connectivity index (χ2v) is 5.54. The van der Waals surface area contributed by atoms with Gasteiger partial charge in [0.2, 0.25) is 0 Å². The first kappa shape index (κ1) is 13.7. The predicted molar refractivity (Wildman–Crippen MR) is 84.1 cm³/mol. The minimum Gasteiger partial charge on any atom is -0.496 e. The van der Waals surface area contributed by atoms with E-state index in [4.69, 9.17) is 4.74 Å². The number of ether oxygens (including phenoxy) is 1. The second-order valence-electron chi connectivity index (χ2n) is 5.54. The van der Waals surface area contributed by atoms with E-state index in [1.54, 1.807) is 7.11 Å². The Morgan fingerprint density at radius 1 is 1.24 bits per heavy atom. The van der Waals surface area contributed by atoms with E-state index < -0.39 is 0 Å². The average Bonchev–Trinajstić information content (AvgIpc) is 2.82. The van der Waals surface area contributed by atoms with Gasteiger partial charge >= 0.3 is 0 Å². The molecule has 0 aromatic heterocycles. The fourth-order valence-electron chi connectivity index (χ4n) is 3.03. The highest BCUT2D eigenvalue weighted by atomic mass is 16.5. The van der Waals surface area contributed by atoms with Crippen LogP contribution >= 0.6 is 0 Å². The molecule has 3 heteroatoms. The number of benzene rings is 2. The molecule has 1 unspecified atom stereocenters. The molecular weight excluding hydrogens is 262 g/mol.